The lowest BCUT2D eigenvalue weighted by atomic mass is 10.1. The van der Waals surface area contributed by atoms with Crippen LogP contribution in [0.2, 0.25) is 0 Å². The molecule has 2 heterocycles. The van der Waals surface area contributed by atoms with E-state index in [1.807, 2.05) is 12.3 Å². The second-order valence-corrected chi connectivity index (χ2v) is 6.90. The maximum Gasteiger partial charge on any atom is 0.132 e. The SMILES string of the molecule is CCCc1ccccc1N(CCN1CCC(N)CC1)c1ccccn1. The molecule has 134 valence electrons. The third-order valence-electron chi connectivity index (χ3n) is 5.00. The summed E-state index contributed by atoms with van der Waals surface area (Å²) >= 11 is 0. The minimum Gasteiger partial charge on any atom is -0.328 e. The molecule has 0 saturated carbocycles. The van der Waals surface area contributed by atoms with Crippen molar-refractivity contribution in [3.05, 3.63) is 54.2 Å². The highest BCUT2D eigenvalue weighted by Gasteiger charge is 2.19. The lowest BCUT2D eigenvalue weighted by Gasteiger charge is -2.33. The van der Waals surface area contributed by atoms with E-state index in [1.54, 1.807) is 0 Å². The molecule has 25 heavy (non-hydrogen) atoms. The van der Waals surface area contributed by atoms with Crippen molar-refractivity contribution in [3.63, 3.8) is 0 Å². The van der Waals surface area contributed by atoms with Gasteiger partial charge in [-0.1, -0.05) is 37.6 Å². The molecule has 1 aromatic carbocycles. The molecule has 0 unspecified atom stereocenters. The highest BCUT2D eigenvalue weighted by molar-refractivity contribution is 5.63. The molecule has 3 rings (SSSR count). The van der Waals surface area contributed by atoms with Crippen LogP contribution in [0.15, 0.2) is 48.7 Å². The molecule has 0 spiro atoms. The Labute approximate surface area is 151 Å². The highest BCUT2D eigenvalue weighted by atomic mass is 15.2. The molecule has 0 radical (unpaired) electrons. The molecular formula is C21H30N4. The van der Waals surface area contributed by atoms with Gasteiger partial charge in [-0.3, -0.25) is 0 Å². The van der Waals surface area contributed by atoms with Gasteiger partial charge in [-0.2, -0.15) is 0 Å². The molecule has 1 saturated heterocycles. The van der Waals surface area contributed by atoms with E-state index in [-0.39, 0.29) is 0 Å². The summed E-state index contributed by atoms with van der Waals surface area (Å²) in [5.41, 5.74) is 8.73. The molecule has 1 aromatic heterocycles. The summed E-state index contributed by atoms with van der Waals surface area (Å²) < 4.78 is 0. The van der Waals surface area contributed by atoms with E-state index in [4.69, 9.17) is 5.73 Å². The molecule has 0 bridgehead atoms. The smallest absolute Gasteiger partial charge is 0.132 e. The summed E-state index contributed by atoms with van der Waals surface area (Å²) in [7, 11) is 0. The van der Waals surface area contributed by atoms with Crippen LogP contribution in [0.4, 0.5) is 11.5 Å². The summed E-state index contributed by atoms with van der Waals surface area (Å²) in [4.78, 5) is 9.52. The number of nitrogens with two attached hydrogens (primary N) is 1. The van der Waals surface area contributed by atoms with E-state index in [9.17, 15) is 0 Å². The monoisotopic (exact) mass is 338 g/mol. The number of likely N-dealkylation sites (tertiary alicyclic amines) is 1. The molecule has 4 heteroatoms. The first-order valence-electron chi connectivity index (χ1n) is 9.52. The lowest BCUT2D eigenvalue weighted by molar-refractivity contribution is 0.218. The molecule has 0 aliphatic carbocycles. The first-order chi connectivity index (χ1) is 12.3. The number of aromatic nitrogens is 1. The van der Waals surface area contributed by atoms with Gasteiger partial charge in [0, 0.05) is 31.0 Å². The van der Waals surface area contributed by atoms with Crippen LogP contribution < -0.4 is 10.6 Å². The quantitative estimate of drug-likeness (QED) is 0.838. The zero-order valence-electron chi connectivity index (χ0n) is 15.3. The van der Waals surface area contributed by atoms with Crippen LogP contribution in [0, 0.1) is 0 Å². The Morgan fingerprint density at radius 3 is 2.60 bits per heavy atom. The van der Waals surface area contributed by atoms with Crippen molar-refractivity contribution in [2.45, 2.75) is 38.6 Å². The summed E-state index contributed by atoms with van der Waals surface area (Å²) in [6.07, 6.45) is 6.34. The second-order valence-electron chi connectivity index (χ2n) is 6.90. The molecule has 0 amide bonds. The van der Waals surface area contributed by atoms with Crippen molar-refractivity contribution in [1.82, 2.24) is 9.88 Å². The molecule has 4 nitrogen and oxygen atoms in total. The summed E-state index contributed by atoms with van der Waals surface area (Å²) in [5.74, 6) is 1.03. The second kappa shape index (κ2) is 8.97. The van der Waals surface area contributed by atoms with Crippen molar-refractivity contribution < 1.29 is 0 Å². The number of nitrogens with zero attached hydrogens (tertiary/aromatic N) is 3. The van der Waals surface area contributed by atoms with Crippen LogP contribution in [0.1, 0.15) is 31.7 Å². The fourth-order valence-corrected chi connectivity index (χ4v) is 3.54. The number of hydrogen-bond acceptors (Lipinski definition) is 4. The third-order valence-corrected chi connectivity index (χ3v) is 5.00. The van der Waals surface area contributed by atoms with Gasteiger partial charge in [0.05, 0.1) is 0 Å². The van der Waals surface area contributed by atoms with Crippen molar-refractivity contribution in [3.8, 4) is 0 Å². The van der Waals surface area contributed by atoms with E-state index >= 15 is 0 Å². The van der Waals surface area contributed by atoms with E-state index in [1.165, 1.54) is 11.3 Å². The first-order valence-corrected chi connectivity index (χ1v) is 9.52. The number of para-hydroxylation sites is 1. The number of aryl methyl sites for hydroxylation is 1. The molecule has 1 aliphatic rings. The number of piperidine rings is 1. The standard InChI is InChI=1S/C21H30N4/c1-2-7-18-8-3-4-9-20(18)25(21-10-5-6-13-23-21)17-16-24-14-11-19(22)12-15-24/h3-6,8-10,13,19H,2,7,11-12,14-17,22H2,1H3. The van der Waals surface area contributed by atoms with Crippen LogP contribution in [-0.2, 0) is 6.42 Å². The predicted molar refractivity (Wildman–Crippen MR) is 105 cm³/mol. The molecule has 2 N–H and O–H groups in total. The Kier molecular flexibility index (Phi) is 6.42. The maximum atomic E-state index is 6.04. The normalized spacial score (nSPS) is 16.1. The van der Waals surface area contributed by atoms with Crippen molar-refractivity contribution >= 4 is 11.5 Å². The maximum absolute atomic E-state index is 6.04. The molecule has 0 atom stereocenters. The van der Waals surface area contributed by atoms with E-state index in [0.717, 1.165) is 57.7 Å². The largest absolute Gasteiger partial charge is 0.328 e. The molecule has 1 aliphatic heterocycles. The van der Waals surface area contributed by atoms with E-state index < -0.39 is 0 Å². The summed E-state index contributed by atoms with van der Waals surface area (Å²) in [6.45, 7) is 6.44. The van der Waals surface area contributed by atoms with Crippen LogP contribution in [0.25, 0.3) is 0 Å². The minimum absolute atomic E-state index is 0.383. The van der Waals surface area contributed by atoms with Crippen molar-refractivity contribution in [2.75, 3.05) is 31.1 Å². The number of rotatable bonds is 7. The Bertz CT molecular complexity index is 635. The number of pyridine rings is 1. The number of anilines is 2. The molecule has 2 aromatic rings. The van der Waals surface area contributed by atoms with Gasteiger partial charge in [-0.25, -0.2) is 4.98 Å². The molecular weight excluding hydrogens is 308 g/mol. The fourth-order valence-electron chi connectivity index (χ4n) is 3.54. The predicted octanol–water partition coefficient (Wildman–Crippen LogP) is 3.60. The number of benzene rings is 1. The Morgan fingerprint density at radius 1 is 1.12 bits per heavy atom. The molecule has 1 fully saturated rings. The zero-order valence-corrected chi connectivity index (χ0v) is 15.3. The van der Waals surface area contributed by atoms with Gasteiger partial charge in [-0.15, -0.1) is 0 Å². The van der Waals surface area contributed by atoms with E-state index in [0.29, 0.717) is 6.04 Å². The summed E-state index contributed by atoms with van der Waals surface area (Å²) in [6, 6.07) is 15.3. The van der Waals surface area contributed by atoms with Gasteiger partial charge in [0.1, 0.15) is 5.82 Å². The van der Waals surface area contributed by atoms with Gasteiger partial charge < -0.3 is 15.5 Å². The highest BCUT2D eigenvalue weighted by Crippen LogP contribution is 2.28. The number of hydrogen-bond donors (Lipinski definition) is 1. The zero-order chi connectivity index (χ0) is 17.5. The lowest BCUT2D eigenvalue weighted by Crippen LogP contribution is -2.42. The Morgan fingerprint density at radius 2 is 1.88 bits per heavy atom. The third kappa shape index (κ3) is 4.80. The Hall–Kier alpha value is -1.91. The van der Waals surface area contributed by atoms with Crippen LogP contribution >= 0.6 is 0 Å². The van der Waals surface area contributed by atoms with Crippen molar-refractivity contribution in [2.24, 2.45) is 5.73 Å². The van der Waals surface area contributed by atoms with Gasteiger partial charge >= 0.3 is 0 Å². The topological polar surface area (TPSA) is 45.4 Å². The van der Waals surface area contributed by atoms with Crippen LogP contribution in [0.3, 0.4) is 0 Å². The van der Waals surface area contributed by atoms with Crippen LogP contribution in [0.5, 0.6) is 0 Å². The van der Waals surface area contributed by atoms with Gasteiger partial charge in [-0.05, 0) is 56.1 Å². The van der Waals surface area contributed by atoms with Crippen LogP contribution in [-0.4, -0.2) is 42.1 Å². The van der Waals surface area contributed by atoms with Gasteiger partial charge in [0.15, 0.2) is 0 Å². The minimum atomic E-state index is 0.383. The fraction of sp³-hybridized carbons (Fsp3) is 0.476. The first kappa shape index (κ1) is 17.9. The van der Waals surface area contributed by atoms with Gasteiger partial charge in [0.2, 0.25) is 0 Å². The van der Waals surface area contributed by atoms with E-state index in [2.05, 4.69) is 58.1 Å². The van der Waals surface area contributed by atoms with Gasteiger partial charge in [0.25, 0.3) is 0 Å². The van der Waals surface area contributed by atoms with Crippen molar-refractivity contribution in [1.29, 1.82) is 0 Å². The average molecular weight is 338 g/mol. The Balaban J connectivity index is 1.79. The summed E-state index contributed by atoms with van der Waals surface area (Å²) in [5, 5.41) is 0. The average Bonchev–Trinajstić information content (AvgIpc) is 2.66.